The number of Topliss-reactive ketones (excluding diaryl/α,β-unsaturated/α-hetero) is 1. The zero-order valence-electron chi connectivity index (χ0n) is 13.3. The van der Waals surface area contributed by atoms with E-state index < -0.39 is 0 Å². The lowest BCUT2D eigenvalue weighted by molar-refractivity contribution is 0.102. The molecule has 4 aromatic rings. The van der Waals surface area contributed by atoms with Gasteiger partial charge in [0, 0.05) is 4.88 Å². The molecule has 0 amide bonds. The highest BCUT2D eigenvalue weighted by Gasteiger charge is 2.11. The molecule has 0 fully saturated rings. The standard InChI is InChI=1S/C22H16OS/c1-15(23)21-12-13-22(24-21)20-9-5-4-8-19(20)18-11-10-16-6-2-3-7-17(16)14-18/h2-14H,1H3. The second-order valence-corrected chi connectivity index (χ2v) is 6.91. The summed E-state index contributed by atoms with van der Waals surface area (Å²) in [4.78, 5) is 13.5. The van der Waals surface area contributed by atoms with E-state index in [2.05, 4.69) is 60.7 Å². The first-order valence-electron chi connectivity index (χ1n) is 7.92. The van der Waals surface area contributed by atoms with Gasteiger partial charge in [0.05, 0.1) is 4.88 Å². The van der Waals surface area contributed by atoms with E-state index in [1.807, 2.05) is 18.2 Å². The maximum absolute atomic E-state index is 11.6. The van der Waals surface area contributed by atoms with Crippen molar-refractivity contribution in [2.24, 2.45) is 0 Å². The van der Waals surface area contributed by atoms with Crippen molar-refractivity contribution in [3.63, 3.8) is 0 Å². The van der Waals surface area contributed by atoms with Gasteiger partial charge in [-0.25, -0.2) is 0 Å². The molecule has 1 aromatic heterocycles. The van der Waals surface area contributed by atoms with E-state index >= 15 is 0 Å². The average molecular weight is 328 g/mol. The van der Waals surface area contributed by atoms with E-state index in [-0.39, 0.29) is 5.78 Å². The molecule has 0 saturated heterocycles. The van der Waals surface area contributed by atoms with E-state index in [9.17, 15) is 4.79 Å². The Morgan fingerprint density at radius 1 is 0.750 bits per heavy atom. The fourth-order valence-electron chi connectivity index (χ4n) is 2.98. The maximum Gasteiger partial charge on any atom is 0.169 e. The van der Waals surface area contributed by atoms with Crippen LogP contribution < -0.4 is 0 Å². The minimum atomic E-state index is 0.120. The summed E-state index contributed by atoms with van der Waals surface area (Å²) in [6, 6.07) is 27.3. The molecule has 2 heteroatoms. The van der Waals surface area contributed by atoms with Gasteiger partial charge in [-0.2, -0.15) is 0 Å². The maximum atomic E-state index is 11.6. The Hall–Kier alpha value is -2.71. The zero-order chi connectivity index (χ0) is 16.5. The van der Waals surface area contributed by atoms with Gasteiger partial charge in [0.1, 0.15) is 0 Å². The number of ketones is 1. The number of rotatable bonds is 3. The third-order valence-electron chi connectivity index (χ3n) is 4.21. The molecule has 0 aliphatic carbocycles. The fourth-order valence-corrected chi connectivity index (χ4v) is 3.92. The molecule has 0 aliphatic heterocycles. The average Bonchev–Trinajstić information content (AvgIpc) is 3.12. The second-order valence-electron chi connectivity index (χ2n) is 5.83. The molecule has 4 rings (SSSR count). The third-order valence-corrected chi connectivity index (χ3v) is 5.43. The van der Waals surface area contributed by atoms with Gasteiger partial charge < -0.3 is 0 Å². The summed E-state index contributed by atoms with van der Waals surface area (Å²) in [7, 11) is 0. The molecule has 0 atom stereocenters. The van der Waals surface area contributed by atoms with Gasteiger partial charge in [0.15, 0.2) is 5.78 Å². The molecular weight excluding hydrogens is 312 g/mol. The van der Waals surface area contributed by atoms with Crippen LogP contribution >= 0.6 is 11.3 Å². The van der Waals surface area contributed by atoms with Gasteiger partial charge in [-0.05, 0) is 52.6 Å². The monoisotopic (exact) mass is 328 g/mol. The number of hydrogen-bond donors (Lipinski definition) is 0. The number of carbonyl (C=O) groups excluding carboxylic acids is 1. The van der Waals surface area contributed by atoms with Gasteiger partial charge >= 0.3 is 0 Å². The molecule has 116 valence electrons. The van der Waals surface area contributed by atoms with Crippen molar-refractivity contribution >= 4 is 27.9 Å². The zero-order valence-corrected chi connectivity index (χ0v) is 14.1. The van der Waals surface area contributed by atoms with Crippen LogP contribution in [0, 0.1) is 0 Å². The summed E-state index contributed by atoms with van der Waals surface area (Å²) in [5.74, 6) is 0.120. The van der Waals surface area contributed by atoms with Crippen LogP contribution in [0.25, 0.3) is 32.3 Å². The van der Waals surface area contributed by atoms with Crippen LogP contribution in [-0.4, -0.2) is 5.78 Å². The minimum absolute atomic E-state index is 0.120. The van der Waals surface area contributed by atoms with E-state index in [0.29, 0.717) is 0 Å². The predicted molar refractivity (Wildman–Crippen MR) is 103 cm³/mol. The second kappa shape index (κ2) is 6.06. The first-order chi connectivity index (χ1) is 11.7. The van der Waals surface area contributed by atoms with Crippen LogP contribution in [0.5, 0.6) is 0 Å². The van der Waals surface area contributed by atoms with Crippen LogP contribution in [0.15, 0.2) is 78.9 Å². The molecule has 0 spiro atoms. The first-order valence-corrected chi connectivity index (χ1v) is 8.73. The normalized spacial score (nSPS) is 10.9. The molecule has 0 radical (unpaired) electrons. The van der Waals surface area contributed by atoms with Gasteiger partial charge in [0.2, 0.25) is 0 Å². The summed E-state index contributed by atoms with van der Waals surface area (Å²) in [6.45, 7) is 1.62. The topological polar surface area (TPSA) is 17.1 Å². The highest BCUT2D eigenvalue weighted by atomic mass is 32.1. The first kappa shape index (κ1) is 14.9. The van der Waals surface area contributed by atoms with Gasteiger partial charge in [-0.3, -0.25) is 4.79 Å². The Morgan fingerprint density at radius 3 is 2.21 bits per heavy atom. The number of thiophene rings is 1. The number of fused-ring (bicyclic) bond motifs is 1. The van der Waals surface area contributed by atoms with Crippen LogP contribution in [0.2, 0.25) is 0 Å². The number of carbonyl (C=O) groups is 1. The van der Waals surface area contributed by atoms with Crippen molar-refractivity contribution in [1.29, 1.82) is 0 Å². The van der Waals surface area contributed by atoms with E-state index in [1.165, 1.54) is 27.5 Å². The molecule has 0 N–H and O–H groups in total. The summed E-state index contributed by atoms with van der Waals surface area (Å²) in [5, 5.41) is 2.48. The Kier molecular flexibility index (Phi) is 3.75. The largest absolute Gasteiger partial charge is 0.294 e. The lowest BCUT2D eigenvalue weighted by atomic mass is 9.96. The summed E-state index contributed by atoms with van der Waals surface area (Å²) in [6.07, 6.45) is 0. The Morgan fingerprint density at radius 2 is 1.46 bits per heavy atom. The van der Waals surface area contributed by atoms with Crippen molar-refractivity contribution in [3.05, 3.63) is 83.7 Å². The lowest BCUT2D eigenvalue weighted by Gasteiger charge is -2.09. The van der Waals surface area contributed by atoms with E-state index in [1.54, 1.807) is 18.3 Å². The Balaban J connectivity index is 1.87. The molecule has 0 bridgehead atoms. The third kappa shape index (κ3) is 2.66. The quantitative estimate of drug-likeness (QED) is 0.396. The van der Waals surface area contributed by atoms with Crippen LogP contribution in [0.3, 0.4) is 0 Å². The Bertz CT molecular complexity index is 1040. The number of benzene rings is 3. The van der Waals surface area contributed by atoms with Crippen molar-refractivity contribution in [2.45, 2.75) is 6.92 Å². The highest BCUT2D eigenvalue weighted by molar-refractivity contribution is 7.17. The van der Waals surface area contributed by atoms with Gasteiger partial charge in [0.25, 0.3) is 0 Å². The van der Waals surface area contributed by atoms with Crippen molar-refractivity contribution in [3.8, 4) is 21.6 Å². The van der Waals surface area contributed by atoms with Crippen LogP contribution in [0.4, 0.5) is 0 Å². The van der Waals surface area contributed by atoms with Gasteiger partial charge in [-0.1, -0.05) is 60.7 Å². The molecule has 24 heavy (non-hydrogen) atoms. The van der Waals surface area contributed by atoms with Crippen molar-refractivity contribution in [2.75, 3.05) is 0 Å². The minimum Gasteiger partial charge on any atom is -0.294 e. The fraction of sp³-hybridized carbons (Fsp3) is 0.0455. The number of hydrogen-bond acceptors (Lipinski definition) is 2. The van der Waals surface area contributed by atoms with Gasteiger partial charge in [-0.15, -0.1) is 11.3 Å². The molecule has 1 heterocycles. The molecular formula is C22H16OS. The summed E-state index contributed by atoms with van der Waals surface area (Å²) < 4.78 is 0. The summed E-state index contributed by atoms with van der Waals surface area (Å²) in [5.41, 5.74) is 3.56. The highest BCUT2D eigenvalue weighted by Crippen LogP contribution is 2.37. The van der Waals surface area contributed by atoms with E-state index in [0.717, 1.165) is 9.75 Å². The molecule has 0 saturated carbocycles. The van der Waals surface area contributed by atoms with Crippen LogP contribution in [0.1, 0.15) is 16.6 Å². The SMILES string of the molecule is CC(=O)c1ccc(-c2ccccc2-c2ccc3ccccc3c2)s1. The van der Waals surface area contributed by atoms with Crippen molar-refractivity contribution in [1.82, 2.24) is 0 Å². The predicted octanol–water partition coefficient (Wildman–Crippen LogP) is 6.44. The van der Waals surface area contributed by atoms with E-state index in [4.69, 9.17) is 0 Å². The molecule has 3 aromatic carbocycles. The molecule has 0 unspecified atom stereocenters. The molecule has 1 nitrogen and oxygen atoms in total. The lowest BCUT2D eigenvalue weighted by Crippen LogP contribution is -1.84. The molecule has 0 aliphatic rings. The smallest absolute Gasteiger partial charge is 0.169 e. The summed E-state index contributed by atoms with van der Waals surface area (Å²) >= 11 is 1.56. The Labute approximate surface area is 145 Å². The van der Waals surface area contributed by atoms with Crippen LogP contribution in [-0.2, 0) is 0 Å². The van der Waals surface area contributed by atoms with Crippen molar-refractivity contribution < 1.29 is 4.79 Å².